The van der Waals surface area contributed by atoms with Gasteiger partial charge in [-0.1, -0.05) is 54.6 Å². The maximum absolute atomic E-state index is 13.8. The van der Waals surface area contributed by atoms with Gasteiger partial charge in [-0.05, 0) is 61.7 Å². The summed E-state index contributed by atoms with van der Waals surface area (Å²) in [5.74, 6) is -1.05. The molecular weight excluding hydrogens is 502 g/mol. The van der Waals surface area contributed by atoms with E-state index in [0.717, 1.165) is 16.3 Å². The number of nitrogens with one attached hydrogen (secondary N) is 2. The zero-order valence-electron chi connectivity index (χ0n) is 22.1. The van der Waals surface area contributed by atoms with Gasteiger partial charge in [0.1, 0.15) is 17.7 Å². The SMILES string of the molecule is Cc1ccccc1C(C(=O)Nc1ccc2ccccc2c1)N(CCO)C(=O)C(CS)NC(=O)OC(C)(C)C. The van der Waals surface area contributed by atoms with Crippen molar-refractivity contribution in [3.63, 3.8) is 0 Å². The molecule has 0 aliphatic rings. The van der Waals surface area contributed by atoms with Crippen molar-refractivity contribution in [1.29, 1.82) is 0 Å². The van der Waals surface area contributed by atoms with E-state index in [1.54, 1.807) is 39.0 Å². The third kappa shape index (κ3) is 7.49. The topological polar surface area (TPSA) is 108 Å². The molecule has 0 saturated heterocycles. The first-order valence-corrected chi connectivity index (χ1v) is 13.0. The Hall–Kier alpha value is -3.56. The van der Waals surface area contributed by atoms with Gasteiger partial charge in [0, 0.05) is 18.0 Å². The maximum atomic E-state index is 13.8. The van der Waals surface area contributed by atoms with Crippen molar-refractivity contribution < 1.29 is 24.2 Å². The average molecular weight is 538 g/mol. The lowest BCUT2D eigenvalue weighted by Crippen LogP contribution is -2.54. The molecule has 9 heteroatoms. The van der Waals surface area contributed by atoms with Crippen molar-refractivity contribution in [1.82, 2.24) is 10.2 Å². The molecule has 3 aromatic carbocycles. The Morgan fingerprint density at radius 2 is 1.66 bits per heavy atom. The standard InChI is InChI=1S/C29H35N3O5S/c1-19-9-5-8-12-23(19)25(26(34)30-22-14-13-20-10-6-7-11-21(20)17-22)32(15-16-33)27(35)24(18-38)31-28(36)37-29(2,3)4/h5-14,17,24-25,33,38H,15-16,18H2,1-4H3,(H,30,34)(H,31,36). The molecule has 0 fully saturated rings. The Balaban J connectivity index is 1.97. The van der Waals surface area contributed by atoms with Gasteiger partial charge in [-0.25, -0.2) is 4.79 Å². The molecule has 0 spiro atoms. The van der Waals surface area contributed by atoms with Crippen LogP contribution in [0.15, 0.2) is 66.7 Å². The van der Waals surface area contributed by atoms with Crippen LogP contribution in [0.1, 0.15) is 37.9 Å². The van der Waals surface area contributed by atoms with E-state index < -0.39 is 35.6 Å². The van der Waals surface area contributed by atoms with Gasteiger partial charge in [0.15, 0.2) is 0 Å². The molecule has 0 saturated carbocycles. The molecule has 0 aliphatic carbocycles. The summed E-state index contributed by atoms with van der Waals surface area (Å²) in [4.78, 5) is 41.3. The van der Waals surface area contributed by atoms with E-state index in [1.165, 1.54) is 4.90 Å². The van der Waals surface area contributed by atoms with Gasteiger partial charge >= 0.3 is 6.09 Å². The van der Waals surface area contributed by atoms with E-state index in [1.807, 2.05) is 55.5 Å². The van der Waals surface area contributed by atoms with E-state index in [9.17, 15) is 19.5 Å². The number of aliphatic hydroxyl groups is 1. The fourth-order valence-corrected chi connectivity index (χ4v) is 4.38. The summed E-state index contributed by atoms with van der Waals surface area (Å²) in [6, 6.07) is 18.4. The second kappa shape index (κ2) is 12.8. The van der Waals surface area contributed by atoms with E-state index in [2.05, 4.69) is 23.3 Å². The molecule has 2 unspecified atom stereocenters. The Morgan fingerprint density at radius 1 is 1.00 bits per heavy atom. The van der Waals surface area contributed by atoms with Gasteiger partial charge in [-0.3, -0.25) is 9.59 Å². The van der Waals surface area contributed by atoms with E-state index in [0.29, 0.717) is 11.3 Å². The number of carbonyl (C=O) groups excluding carboxylic acids is 3. The minimum absolute atomic E-state index is 0.0349. The molecule has 38 heavy (non-hydrogen) atoms. The molecule has 3 aromatic rings. The lowest BCUT2D eigenvalue weighted by atomic mass is 9.98. The molecule has 3 amide bonds. The van der Waals surface area contributed by atoms with Crippen LogP contribution in [-0.2, 0) is 14.3 Å². The summed E-state index contributed by atoms with van der Waals surface area (Å²) in [5.41, 5.74) is 1.20. The van der Waals surface area contributed by atoms with Gasteiger partial charge < -0.3 is 25.4 Å². The summed E-state index contributed by atoms with van der Waals surface area (Å²) in [6.45, 7) is 6.48. The van der Waals surface area contributed by atoms with Crippen molar-refractivity contribution in [2.75, 3.05) is 24.2 Å². The fourth-order valence-electron chi connectivity index (χ4n) is 4.13. The second-order valence-electron chi connectivity index (χ2n) is 9.95. The molecule has 0 aromatic heterocycles. The van der Waals surface area contributed by atoms with Crippen molar-refractivity contribution in [2.45, 2.75) is 45.4 Å². The number of fused-ring (bicyclic) bond motifs is 1. The third-order valence-corrected chi connectivity index (χ3v) is 6.22. The molecule has 202 valence electrons. The maximum Gasteiger partial charge on any atom is 0.408 e. The normalized spacial score (nSPS) is 12.9. The monoisotopic (exact) mass is 537 g/mol. The number of amides is 3. The number of rotatable bonds is 9. The number of hydrogen-bond acceptors (Lipinski definition) is 6. The van der Waals surface area contributed by atoms with Gasteiger partial charge in [0.2, 0.25) is 5.91 Å². The predicted molar refractivity (Wildman–Crippen MR) is 152 cm³/mol. The van der Waals surface area contributed by atoms with Gasteiger partial charge in [-0.2, -0.15) is 12.6 Å². The Kier molecular flexibility index (Phi) is 9.77. The summed E-state index contributed by atoms with van der Waals surface area (Å²) in [7, 11) is 0. The van der Waals surface area contributed by atoms with Crippen LogP contribution in [0.2, 0.25) is 0 Å². The first-order valence-electron chi connectivity index (χ1n) is 12.4. The van der Waals surface area contributed by atoms with E-state index >= 15 is 0 Å². The van der Waals surface area contributed by atoms with Crippen LogP contribution in [0.5, 0.6) is 0 Å². The van der Waals surface area contributed by atoms with E-state index in [-0.39, 0.29) is 18.9 Å². The van der Waals surface area contributed by atoms with Crippen LogP contribution in [0.25, 0.3) is 10.8 Å². The van der Waals surface area contributed by atoms with Crippen LogP contribution < -0.4 is 10.6 Å². The zero-order chi connectivity index (χ0) is 27.9. The molecule has 0 aliphatic heterocycles. The second-order valence-corrected chi connectivity index (χ2v) is 10.3. The molecule has 2 atom stereocenters. The molecular formula is C29H35N3O5S. The van der Waals surface area contributed by atoms with Crippen molar-refractivity contribution in [2.24, 2.45) is 0 Å². The first kappa shape index (κ1) is 29.0. The molecule has 3 rings (SSSR count). The number of benzene rings is 3. The lowest BCUT2D eigenvalue weighted by Gasteiger charge is -2.34. The minimum atomic E-state index is -1.08. The van der Waals surface area contributed by atoms with E-state index in [4.69, 9.17) is 4.74 Å². The number of thiol groups is 1. The smallest absolute Gasteiger partial charge is 0.408 e. The van der Waals surface area contributed by atoms with Crippen LogP contribution >= 0.6 is 12.6 Å². The average Bonchev–Trinajstić information content (AvgIpc) is 2.86. The van der Waals surface area contributed by atoms with Crippen molar-refractivity contribution in [3.05, 3.63) is 77.9 Å². The van der Waals surface area contributed by atoms with Crippen LogP contribution in [0, 0.1) is 6.92 Å². The minimum Gasteiger partial charge on any atom is -0.444 e. The van der Waals surface area contributed by atoms with Crippen LogP contribution in [0.4, 0.5) is 10.5 Å². The van der Waals surface area contributed by atoms with Crippen LogP contribution in [0.3, 0.4) is 0 Å². The molecule has 3 N–H and O–H groups in total. The van der Waals surface area contributed by atoms with Gasteiger partial charge in [0.25, 0.3) is 5.91 Å². The summed E-state index contributed by atoms with van der Waals surface area (Å²) < 4.78 is 5.30. The number of carbonyl (C=O) groups is 3. The molecule has 0 radical (unpaired) electrons. The number of anilines is 1. The third-order valence-electron chi connectivity index (χ3n) is 5.86. The largest absolute Gasteiger partial charge is 0.444 e. The molecule has 0 bridgehead atoms. The number of hydrogen-bond donors (Lipinski definition) is 4. The predicted octanol–water partition coefficient (Wildman–Crippen LogP) is 4.47. The van der Waals surface area contributed by atoms with Gasteiger partial charge in [-0.15, -0.1) is 0 Å². The molecule has 8 nitrogen and oxygen atoms in total. The fraction of sp³-hybridized carbons (Fsp3) is 0.345. The Bertz CT molecular complexity index is 1290. The highest BCUT2D eigenvalue weighted by Gasteiger charge is 2.36. The van der Waals surface area contributed by atoms with Crippen molar-refractivity contribution in [3.8, 4) is 0 Å². The molecule has 0 heterocycles. The summed E-state index contributed by atoms with van der Waals surface area (Å²) >= 11 is 4.27. The number of aliphatic hydroxyl groups excluding tert-OH is 1. The number of aryl methyl sites for hydroxylation is 1. The Morgan fingerprint density at radius 3 is 2.29 bits per heavy atom. The number of alkyl carbamates (subject to hydrolysis) is 1. The highest BCUT2D eigenvalue weighted by molar-refractivity contribution is 7.80. The quantitative estimate of drug-likeness (QED) is 0.301. The van der Waals surface area contributed by atoms with Crippen LogP contribution in [-0.4, -0.2) is 58.5 Å². The first-order chi connectivity index (χ1) is 18.0. The van der Waals surface area contributed by atoms with Crippen molar-refractivity contribution >= 4 is 47.0 Å². The highest BCUT2D eigenvalue weighted by atomic mass is 32.1. The summed E-state index contributed by atoms with van der Waals surface area (Å²) in [5, 5.41) is 17.3. The summed E-state index contributed by atoms with van der Waals surface area (Å²) in [6.07, 6.45) is -0.776. The number of nitrogens with zero attached hydrogens (tertiary/aromatic N) is 1. The number of ether oxygens (including phenoxy) is 1. The Labute approximate surface area is 228 Å². The highest BCUT2D eigenvalue weighted by Crippen LogP contribution is 2.28. The lowest BCUT2D eigenvalue weighted by molar-refractivity contribution is -0.140. The van der Waals surface area contributed by atoms with Gasteiger partial charge in [0.05, 0.1) is 6.61 Å². The zero-order valence-corrected chi connectivity index (χ0v) is 23.0.